The van der Waals surface area contributed by atoms with Crippen LogP contribution in [0, 0.1) is 5.92 Å². The third-order valence-electron chi connectivity index (χ3n) is 3.83. The first kappa shape index (κ1) is 20.0. The molecule has 3 heteroatoms. The molecular formula is C21H32N2O. The Kier molecular flexibility index (Phi) is 8.92. The lowest BCUT2D eigenvalue weighted by molar-refractivity contribution is -0.117. The molecule has 0 bridgehead atoms. The number of nitrogens with two attached hydrogens (primary N) is 1. The monoisotopic (exact) mass is 328 g/mol. The third kappa shape index (κ3) is 7.49. The summed E-state index contributed by atoms with van der Waals surface area (Å²) < 4.78 is 0. The zero-order valence-electron chi connectivity index (χ0n) is 15.6. The predicted molar refractivity (Wildman–Crippen MR) is 102 cm³/mol. The van der Waals surface area contributed by atoms with Crippen LogP contribution in [0.4, 0.5) is 0 Å². The van der Waals surface area contributed by atoms with Crippen molar-refractivity contribution in [2.45, 2.75) is 59.9 Å². The minimum atomic E-state index is -0.122. The molecule has 1 aromatic rings. The molecule has 0 aliphatic carbocycles. The van der Waals surface area contributed by atoms with Gasteiger partial charge < -0.3 is 11.1 Å². The number of allylic oxidation sites excluding steroid dienone is 2. The molecule has 0 aliphatic heterocycles. The zero-order chi connectivity index (χ0) is 17.9. The lowest BCUT2D eigenvalue weighted by atomic mass is 10.0. The molecule has 0 unspecified atom stereocenters. The molecule has 0 aromatic heterocycles. The van der Waals surface area contributed by atoms with E-state index in [-0.39, 0.29) is 5.91 Å². The van der Waals surface area contributed by atoms with Crippen LogP contribution in [-0.4, -0.2) is 5.91 Å². The Morgan fingerprint density at radius 1 is 1.25 bits per heavy atom. The van der Waals surface area contributed by atoms with Gasteiger partial charge in [-0.1, -0.05) is 70.0 Å². The fourth-order valence-electron chi connectivity index (χ4n) is 2.43. The van der Waals surface area contributed by atoms with Crippen molar-refractivity contribution in [3.63, 3.8) is 0 Å². The zero-order valence-corrected chi connectivity index (χ0v) is 15.6. The number of carbonyl (C=O) groups is 1. The van der Waals surface area contributed by atoms with Crippen LogP contribution in [0.1, 0.15) is 58.1 Å². The van der Waals surface area contributed by atoms with Crippen molar-refractivity contribution >= 4 is 5.91 Å². The first-order valence-corrected chi connectivity index (χ1v) is 8.94. The summed E-state index contributed by atoms with van der Waals surface area (Å²) >= 11 is 0. The van der Waals surface area contributed by atoms with Crippen molar-refractivity contribution in [1.29, 1.82) is 0 Å². The number of amides is 1. The van der Waals surface area contributed by atoms with Crippen molar-refractivity contribution in [3.05, 3.63) is 58.8 Å². The summed E-state index contributed by atoms with van der Waals surface area (Å²) in [6.07, 6.45) is 8.60. The molecule has 1 rings (SSSR count). The Labute approximate surface area is 147 Å². The third-order valence-corrected chi connectivity index (χ3v) is 3.83. The minimum absolute atomic E-state index is 0.122. The number of hydrogen-bond donors (Lipinski definition) is 2. The average Bonchev–Trinajstić information content (AvgIpc) is 2.53. The molecular weight excluding hydrogens is 296 g/mol. The van der Waals surface area contributed by atoms with Crippen molar-refractivity contribution in [2.75, 3.05) is 0 Å². The van der Waals surface area contributed by atoms with E-state index < -0.39 is 0 Å². The Bertz CT molecular complexity index is 581. The van der Waals surface area contributed by atoms with Gasteiger partial charge in [0.25, 0.3) is 5.91 Å². The van der Waals surface area contributed by atoms with Gasteiger partial charge in [0.05, 0.1) is 5.57 Å². The van der Waals surface area contributed by atoms with Crippen molar-refractivity contribution in [1.82, 2.24) is 5.32 Å². The molecule has 1 aromatic carbocycles. The van der Waals surface area contributed by atoms with Crippen LogP contribution >= 0.6 is 0 Å². The van der Waals surface area contributed by atoms with Crippen LogP contribution in [0.5, 0.6) is 0 Å². The van der Waals surface area contributed by atoms with Crippen LogP contribution in [0.3, 0.4) is 0 Å². The van der Waals surface area contributed by atoms with E-state index in [1.54, 1.807) is 6.92 Å². The SMILES string of the molecule is CCCCCc1cccc(CNC(=O)C(/C=C\C(C)C)=C(/C)N)c1. The quantitative estimate of drug-likeness (QED) is 0.399. The summed E-state index contributed by atoms with van der Waals surface area (Å²) in [6, 6.07) is 8.44. The molecule has 24 heavy (non-hydrogen) atoms. The van der Waals surface area contributed by atoms with Gasteiger partial charge in [-0.25, -0.2) is 0 Å². The van der Waals surface area contributed by atoms with E-state index in [4.69, 9.17) is 5.73 Å². The summed E-state index contributed by atoms with van der Waals surface area (Å²) in [6.45, 7) is 8.63. The molecule has 1 amide bonds. The maximum Gasteiger partial charge on any atom is 0.253 e. The lowest BCUT2D eigenvalue weighted by Gasteiger charge is -2.09. The van der Waals surface area contributed by atoms with Crippen molar-refractivity contribution in [2.24, 2.45) is 11.7 Å². The molecule has 0 spiro atoms. The lowest BCUT2D eigenvalue weighted by Crippen LogP contribution is -2.25. The summed E-state index contributed by atoms with van der Waals surface area (Å²) in [5.41, 5.74) is 9.39. The fraction of sp³-hybridized carbons (Fsp3) is 0.476. The molecule has 0 fully saturated rings. The van der Waals surface area contributed by atoms with E-state index in [9.17, 15) is 4.79 Å². The van der Waals surface area contributed by atoms with E-state index in [1.165, 1.54) is 24.8 Å². The molecule has 0 aliphatic rings. The Morgan fingerprint density at radius 2 is 1.96 bits per heavy atom. The van der Waals surface area contributed by atoms with Gasteiger partial charge in [0.15, 0.2) is 0 Å². The standard InChI is InChI=1S/C21H32N2O/c1-5-6-7-9-18-10-8-11-19(14-18)15-23-21(24)20(17(4)22)13-12-16(2)3/h8,10-14,16H,5-7,9,15,22H2,1-4H3,(H,23,24)/b13-12-,20-17-. The second-order valence-electron chi connectivity index (χ2n) is 6.66. The number of unbranched alkanes of at least 4 members (excludes halogenated alkanes) is 2. The van der Waals surface area contributed by atoms with Crippen LogP contribution in [-0.2, 0) is 17.8 Å². The molecule has 3 nitrogen and oxygen atoms in total. The summed E-state index contributed by atoms with van der Waals surface area (Å²) in [5, 5.41) is 2.97. The summed E-state index contributed by atoms with van der Waals surface area (Å²) in [4.78, 5) is 12.4. The summed E-state index contributed by atoms with van der Waals surface area (Å²) in [7, 11) is 0. The Morgan fingerprint density at radius 3 is 2.58 bits per heavy atom. The summed E-state index contributed by atoms with van der Waals surface area (Å²) in [5.74, 6) is 0.259. The topological polar surface area (TPSA) is 55.1 Å². The first-order valence-electron chi connectivity index (χ1n) is 8.94. The largest absolute Gasteiger partial charge is 0.402 e. The highest BCUT2D eigenvalue weighted by Gasteiger charge is 2.09. The fourth-order valence-corrected chi connectivity index (χ4v) is 2.43. The first-order chi connectivity index (χ1) is 11.4. The van der Waals surface area contributed by atoms with Crippen LogP contribution in [0.2, 0.25) is 0 Å². The van der Waals surface area contributed by atoms with Crippen LogP contribution in [0.15, 0.2) is 47.7 Å². The predicted octanol–water partition coefficient (Wildman–Crippen LogP) is 4.48. The van der Waals surface area contributed by atoms with Gasteiger partial charge in [-0.3, -0.25) is 4.79 Å². The Hall–Kier alpha value is -2.03. The van der Waals surface area contributed by atoms with Gasteiger partial charge in [0.1, 0.15) is 0 Å². The van der Waals surface area contributed by atoms with Gasteiger partial charge in [-0.15, -0.1) is 0 Å². The second-order valence-corrected chi connectivity index (χ2v) is 6.66. The van der Waals surface area contributed by atoms with E-state index >= 15 is 0 Å². The molecule has 0 atom stereocenters. The van der Waals surface area contributed by atoms with Gasteiger partial charge in [-0.2, -0.15) is 0 Å². The molecule has 3 N–H and O–H groups in total. The molecule has 0 saturated heterocycles. The van der Waals surface area contributed by atoms with Crippen molar-refractivity contribution in [3.8, 4) is 0 Å². The normalized spacial score (nSPS) is 12.5. The highest BCUT2D eigenvalue weighted by molar-refractivity contribution is 5.96. The highest BCUT2D eigenvalue weighted by atomic mass is 16.1. The van der Waals surface area contributed by atoms with E-state index in [2.05, 4.69) is 44.3 Å². The van der Waals surface area contributed by atoms with Gasteiger partial charge >= 0.3 is 0 Å². The number of aryl methyl sites for hydroxylation is 1. The van der Waals surface area contributed by atoms with Crippen LogP contribution < -0.4 is 11.1 Å². The Balaban J connectivity index is 2.65. The number of rotatable bonds is 9. The maximum absolute atomic E-state index is 12.4. The van der Waals surface area contributed by atoms with Crippen LogP contribution in [0.25, 0.3) is 0 Å². The number of nitrogens with one attached hydrogen (secondary N) is 1. The minimum Gasteiger partial charge on any atom is -0.402 e. The molecule has 0 saturated carbocycles. The van der Waals surface area contributed by atoms with Gasteiger partial charge in [0, 0.05) is 12.2 Å². The molecule has 0 heterocycles. The second kappa shape index (κ2) is 10.7. The maximum atomic E-state index is 12.4. The number of carbonyl (C=O) groups excluding carboxylic acids is 1. The van der Waals surface area contributed by atoms with E-state index in [1.807, 2.05) is 18.2 Å². The van der Waals surface area contributed by atoms with E-state index in [0.29, 0.717) is 23.7 Å². The average molecular weight is 329 g/mol. The number of hydrogen-bond acceptors (Lipinski definition) is 2. The number of benzene rings is 1. The van der Waals surface area contributed by atoms with Crippen molar-refractivity contribution < 1.29 is 4.79 Å². The molecule has 0 radical (unpaired) electrons. The highest BCUT2D eigenvalue weighted by Crippen LogP contribution is 2.11. The van der Waals surface area contributed by atoms with Gasteiger partial charge in [-0.05, 0) is 36.8 Å². The van der Waals surface area contributed by atoms with Gasteiger partial charge in [0.2, 0.25) is 0 Å². The smallest absolute Gasteiger partial charge is 0.253 e. The molecule has 132 valence electrons. The van der Waals surface area contributed by atoms with E-state index in [0.717, 1.165) is 12.0 Å².